The third-order valence-corrected chi connectivity index (χ3v) is 4.71. The molecule has 1 unspecified atom stereocenters. The average Bonchev–Trinajstić information content (AvgIpc) is 2.68. The molecule has 26 heavy (non-hydrogen) atoms. The van der Waals surface area contributed by atoms with Gasteiger partial charge in [-0.05, 0) is 18.9 Å². The molecule has 6 nitrogen and oxygen atoms in total. The van der Waals surface area contributed by atoms with Crippen LogP contribution in [-0.4, -0.2) is 42.2 Å². The number of anilines is 1. The Kier molecular flexibility index (Phi) is 6.06. The Morgan fingerprint density at radius 2 is 2.00 bits per heavy atom. The van der Waals surface area contributed by atoms with Crippen molar-refractivity contribution in [2.75, 3.05) is 31.2 Å². The van der Waals surface area contributed by atoms with E-state index in [1.807, 2.05) is 43.0 Å². The van der Waals surface area contributed by atoms with Crippen molar-refractivity contribution in [2.45, 2.75) is 26.3 Å². The molecule has 138 valence electrons. The number of aryl methyl sites for hydroxylation is 1. The van der Waals surface area contributed by atoms with Gasteiger partial charge >= 0.3 is 0 Å². The maximum Gasteiger partial charge on any atom is 0.272 e. The van der Waals surface area contributed by atoms with E-state index in [0.29, 0.717) is 32.3 Å². The SMILES string of the molecule is CCC(NC(=O)c1nc(N2CCOCC2)ncc1Cl)c1ccc(C)cc1. The molecule has 0 saturated carbocycles. The summed E-state index contributed by atoms with van der Waals surface area (Å²) >= 11 is 6.19. The highest BCUT2D eigenvalue weighted by Crippen LogP contribution is 2.21. The molecule has 2 aromatic rings. The lowest BCUT2D eigenvalue weighted by atomic mass is 10.0. The first-order valence-corrected chi connectivity index (χ1v) is 9.19. The van der Waals surface area contributed by atoms with Crippen LogP contribution in [0.3, 0.4) is 0 Å². The molecule has 1 aliphatic heterocycles. The number of hydrogen-bond acceptors (Lipinski definition) is 5. The van der Waals surface area contributed by atoms with E-state index in [-0.39, 0.29) is 22.7 Å². The van der Waals surface area contributed by atoms with Crippen LogP contribution in [0, 0.1) is 6.92 Å². The smallest absolute Gasteiger partial charge is 0.272 e. The number of nitrogens with one attached hydrogen (secondary N) is 1. The first-order valence-electron chi connectivity index (χ1n) is 8.81. The van der Waals surface area contributed by atoms with E-state index in [1.165, 1.54) is 11.8 Å². The van der Waals surface area contributed by atoms with Crippen LogP contribution in [0.5, 0.6) is 0 Å². The van der Waals surface area contributed by atoms with E-state index in [4.69, 9.17) is 16.3 Å². The number of carbonyl (C=O) groups excluding carboxylic acids is 1. The van der Waals surface area contributed by atoms with Crippen molar-refractivity contribution in [3.8, 4) is 0 Å². The minimum Gasteiger partial charge on any atom is -0.378 e. The number of carbonyl (C=O) groups is 1. The van der Waals surface area contributed by atoms with Crippen LogP contribution < -0.4 is 10.2 Å². The molecule has 1 aromatic heterocycles. The molecule has 7 heteroatoms. The number of rotatable bonds is 5. The lowest BCUT2D eigenvalue weighted by Crippen LogP contribution is -2.38. The van der Waals surface area contributed by atoms with E-state index in [1.54, 1.807) is 0 Å². The molecule has 1 atom stereocenters. The van der Waals surface area contributed by atoms with Gasteiger partial charge in [0.05, 0.1) is 30.5 Å². The van der Waals surface area contributed by atoms with Crippen LogP contribution in [-0.2, 0) is 4.74 Å². The molecular weight excluding hydrogens is 352 g/mol. The second kappa shape index (κ2) is 8.47. The lowest BCUT2D eigenvalue weighted by Gasteiger charge is -2.27. The van der Waals surface area contributed by atoms with E-state index in [2.05, 4.69) is 15.3 Å². The van der Waals surface area contributed by atoms with Crippen molar-refractivity contribution in [1.82, 2.24) is 15.3 Å². The molecule has 0 spiro atoms. The number of benzene rings is 1. The van der Waals surface area contributed by atoms with Crippen LogP contribution in [0.1, 0.15) is 41.0 Å². The first kappa shape index (κ1) is 18.6. The van der Waals surface area contributed by atoms with Crippen LogP contribution >= 0.6 is 11.6 Å². The molecule has 1 aromatic carbocycles. The van der Waals surface area contributed by atoms with Gasteiger partial charge in [-0.2, -0.15) is 0 Å². The summed E-state index contributed by atoms with van der Waals surface area (Å²) < 4.78 is 5.34. The predicted molar refractivity (Wildman–Crippen MR) is 102 cm³/mol. The van der Waals surface area contributed by atoms with Gasteiger partial charge in [-0.25, -0.2) is 9.97 Å². The molecule has 0 radical (unpaired) electrons. The molecular formula is C19H23ClN4O2. The van der Waals surface area contributed by atoms with E-state index >= 15 is 0 Å². The summed E-state index contributed by atoms with van der Waals surface area (Å²) in [5.41, 5.74) is 2.45. The Bertz CT molecular complexity index is 761. The van der Waals surface area contributed by atoms with Gasteiger partial charge in [0.2, 0.25) is 5.95 Å². The maximum atomic E-state index is 12.8. The normalized spacial score (nSPS) is 15.6. The highest BCUT2D eigenvalue weighted by molar-refractivity contribution is 6.33. The fourth-order valence-corrected chi connectivity index (χ4v) is 3.06. The monoisotopic (exact) mass is 374 g/mol. The number of ether oxygens (including phenoxy) is 1. The van der Waals surface area contributed by atoms with Gasteiger partial charge in [0, 0.05) is 13.1 Å². The zero-order chi connectivity index (χ0) is 18.5. The number of morpholine rings is 1. The molecule has 3 rings (SSSR count). The van der Waals surface area contributed by atoms with Gasteiger partial charge in [-0.3, -0.25) is 4.79 Å². The number of nitrogens with zero attached hydrogens (tertiary/aromatic N) is 3. The van der Waals surface area contributed by atoms with Crippen molar-refractivity contribution < 1.29 is 9.53 Å². The lowest BCUT2D eigenvalue weighted by molar-refractivity contribution is 0.0930. The molecule has 1 fully saturated rings. The highest BCUT2D eigenvalue weighted by Gasteiger charge is 2.21. The summed E-state index contributed by atoms with van der Waals surface area (Å²) in [6.45, 7) is 6.72. The molecule has 0 bridgehead atoms. The Balaban J connectivity index is 1.78. The quantitative estimate of drug-likeness (QED) is 0.870. The van der Waals surface area contributed by atoms with Gasteiger partial charge in [-0.15, -0.1) is 0 Å². The van der Waals surface area contributed by atoms with Crippen molar-refractivity contribution in [3.63, 3.8) is 0 Å². The summed E-state index contributed by atoms with van der Waals surface area (Å²) in [6, 6.07) is 8.05. The Labute approximate surface area is 158 Å². The third kappa shape index (κ3) is 4.31. The Morgan fingerprint density at radius 3 is 2.65 bits per heavy atom. The van der Waals surface area contributed by atoms with Gasteiger partial charge in [0.25, 0.3) is 5.91 Å². The van der Waals surface area contributed by atoms with E-state index < -0.39 is 0 Å². The summed E-state index contributed by atoms with van der Waals surface area (Å²) in [7, 11) is 0. The fraction of sp³-hybridized carbons (Fsp3) is 0.421. The number of halogens is 1. The second-order valence-corrected chi connectivity index (χ2v) is 6.72. The van der Waals surface area contributed by atoms with Crippen LogP contribution in [0.15, 0.2) is 30.5 Å². The number of amides is 1. The molecule has 2 heterocycles. The highest BCUT2D eigenvalue weighted by atomic mass is 35.5. The van der Waals surface area contributed by atoms with Crippen molar-refractivity contribution in [1.29, 1.82) is 0 Å². The Hall–Kier alpha value is -2.18. The predicted octanol–water partition coefficient (Wildman–Crippen LogP) is 3.16. The molecule has 1 N–H and O–H groups in total. The average molecular weight is 375 g/mol. The summed E-state index contributed by atoms with van der Waals surface area (Å²) in [5, 5.41) is 3.28. The van der Waals surface area contributed by atoms with Crippen molar-refractivity contribution in [3.05, 3.63) is 52.3 Å². The minimum absolute atomic E-state index is 0.0963. The van der Waals surface area contributed by atoms with Gasteiger partial charge in [0.15, 0.2) is 5.69 Å². The largest absolute Gasteiger partial charge is 0.378 e. The summed E-state index contributed by atoms with van der Waals surface area (Å²) in [5.74, 6) is 0.213. The standard InChI is InChI=1S/C19H23ClN4O2/c1-3-16(14-6-4-13(2)5-7-14)22-18(25)17-15(20)12-21-19(23-17)24-8-10-26-11-9-24/h4-7,12,16H,3,8-11H2,1-2H3,(H,22,25). The topological polar surface area (TPSA) is 67.4 Å². The first-order chi connectivity index (χ1) is 12.6. The fourth-order valence-electron chi connectivity index (χ4n) is 2.88. The van der Waals surface area contributed by atoms with Gasteiger partial charge in [0.1, 0.15) is 0 Å². The van der Waals surface area contributed by atoms with Crippen LogP contribution in [0.25, 0.3) is 0 Å². The zero-order valence-electron chi connectivity index (χ0n) is 15.0. The van der Waals surface area contributed by atoms with Gasteiger partial charge in [-0.1, -0.05) is 48.4 Å². The number of aromatic nitrogens is 2. The third-order valence-electron chi connectivity index (χ3n) is 4.43. The van der Waals surface area contributed by atoms with Crippen molar-refractivity contribution in [2.24, 2.45) is 0 Å². The molecule has 1 amide bonds. The zero-order valence-corrected chi connectivity index (χ0v) is 15.8. The number of hydrogen-bond donors (Lipinski definition) is 1. The summed E-state index contributed by atoms with van der Waals surface area (Å²) in [4.78, 5) is 23.4. The minimum atomic E-state index is -0.292. The molecule has 1 saturated heterocycles. The van der Waals surface area contributed by atoms with Crippen LogP contribution in [0.2, 0.25) is 5.02 Å². The second-order valence-electron chi connectivity index (χ2n) is 6.31. The maximum absolute atomic E-state index is 12.8. The van der Waals surface area contributed by atoms with E-state index in [0.717, 1.165) is 12.0 Å². The Morgan fingerprint density at radius 1 is 1.31 bits per heavy atom. The molecule has 1 aliphatic rings. The van der Waals surface area contributed by atoms with Crippen molar-refractivity contribution >= 4 is 23.5 Å². The van der Waals surface area contributed by atoms with Crippen LogP contribution in [0.4, 0.5) is 5.95 Å². The van der Waals surface area contributed by atoms with Gasteiger partial charge < -0.3 is 15.0 Å². The summed E-state index contributed by atoms with van der Waals surface area (Å²) in [6.07, 6.45) is 2.26. The molecule has 0 aliphatic carbocycles. The van der Waals surface area contributed by atoms with E-state index in [9.17, 15) is 4.79 Å².